The number of nitrogens with zero attached hydrogens (tertiary/aromatic N) is 1. The summed E-state index contributed by atoms with van der Waals surface area (Å²) in [5.41, 5.74) is -0.440. The minimum Gasteiger partial charge on any atom is -0.444 e. The first-order valence-corrected chi connectivity index (χ1v) is 9.72. The summed E-state index contributed by atoms with van der Waals surface area (Å²) in [4.78, 5) is 14.0. The third-order valence-corrected chi connectivity index (χ3v) is 4.04. The van der Waals surface area contributed by atoms with Crippen LogP contribution in [0.2, 0.25) is 0 Å². The Kier molecular flexibility index (Phi) is 8.91. The van der Waals surface area contributed by atoms with Crippen LogP contribution in [0.15, 0.2) is 22.7 Å². The van der Waals surface area contributed by atoms with Crippen molar-refractivity contribution in [2.24, 2.45) is 0 Å². The summed E-state index contributed by atoms with van der Waals surface area (Å²) >= 11 is 3.25. The van der Waals surface area contributed by atoms with Crippen molar-refractivity contribution in [3.05, 3.63) is 28.2 Å². The first-order valence-electron chi connectivity index (χ1n) is 8.93. The summed E-state index contributed by atoms with van der Waals surface area (Å²) in [5, 5.41) is 0. The summed E-state index contributed by atoms with van der Waals surface area (Å²) in [6.07, 6.45) is -1.61. The minimum absolute atomic E-state index is 0.0358. The van der Waals surface area contributed by atoms with E-state index in [1.807, 2.05) is 0 Å². The van der Waals surface area contributed by atoms with E-state index in [9.17, 15) is 18.0 Å². The number of halogens is 4. The number of alkyl halides is 3. The average molecular weight is 454 g/mol. The summed E-state index contributed by atoms with van der Waals surface area (Å²) in [6.45, 7) is 7.68. The van der Waals surface area contributed by atoms with Gasteiger partial charge in [0.05, 0.1) is 6.54 Å². The molecular formula is C19H27BrF3NO3. The molecule has 1 aromatic carbocycles. The quantitative estimate of drug-likeness (QED) is 0.412. The molecule has 1 amide bonds. The van der Waals surface area contributed by atoms with Crippen molar-refractivity contribution < 1.29 is 27.4 Å². The van der Waals surface area contributed by atoms with Crippen LogP contribution in [0.1, 0.15) is 58.9 Å². The number of hydrogen-bond donors (Lipinski definition) is 0. The smallest absolute Gasteiger partial charge is 0.444 e. The number of benzene rings is 1. The molecule has 4 nitrogen and oxygen atoms in total. The van der Waals surface area contributed by atoms with Gasteiger partial charge in [-0.05, 0) is 45.4 Å². The van der Waals surface area contributed by atoms with E-state index in [1.54, 1.807) is 20.8 Å². The third-order valence-electron chi connectivity index (χ3n) is 3.54. The summed E-state index contributed by atoms with van der Waals surface area (Å²) in [5.74, 6) is -0.326. The third kappa shape index (κ3) is 9.89. The number of carbonyl (C=O) groups excluding carboxylic acids is 1. The number of carbonyl (C=O) groups is 1. The zero-order valence-corrected chi connectivity index (χ0v) is 17.7. The van der Waals surface area contributed by atoms with Gasteiger partial charge >= 0.3 is 12.5 Å². The Morgan fingerprint density at radius 2 is 1.81 bits per heavy atom. The standard InChI is InChI=1S/C19H27BrF3NO3/c1-5-6-7-8-11-24(17(25)27-18(2,3)4)13-14-12-15(20)9-10-16(14)26-19(21,22)23/h9-10,12H,5-8,11,13H2,1-4H3. The predicted octanol–water partition coefficient (Wildman–Crippen LogP) is 6.67. The van der Waals surface area contributed by atoms with Crippen LogP contribution < -0.4 is 4.74 Å². The van der Waals surface area contributed by atoms with Crippen molar-refractivity contribution in [1.29, 1.82) is 0 Å². The van der Waals surface area contributed by atoms with E-state index in [4.69, 9.17) is 4.74 Å². The van der Waals surface area contributed by atoms with Gasteiger partial charge in [0.25, 0.3) is 0 Å². The SMILES string of the molecule is CCCCCCN(Cc1cc(Br)ccc1OC(F)(F)F)C(=O)OC(C)(C)C. The van der Waals surface area contributed by atoms with Gasteiger partial charge < -0.3 is 14.4 Å². The van der Waals surface area contributed by atoms with Gasteiger partial charge in [-0.25, -0.2) is 4.79 Å². The van der Waals surface area contributed by atoms with Crippen LogP contribution in [0, 0.1) is 0 Å². The second kappa shape index (κ2) is 10.2. The van der Waals surface area contributed by atoms with Crippen LogP contribution in [0.5, 0.6) is 5.75 Å². The average Bonchev–Trinajstić information content (AvgIpc) is 2.50. The molecular weight excluding hydrogens is 427 g/mol. The van der Waals surface area contributed by atoms with E-state index in [-0.39, 0.29) is 17.9 Å². The van der Waals surface area contributed by atoms with Crippen molar-refractivity contribution in [2.75, 3.05) is 6.54 Å². The van der Waals surface area contributed by atoms with Crippen LogP contribution >= 0.6 is 15.9 Å². The molecule has 0 atom stereocenters. The molecule has 1 aromatic rings. The van der Waals surface area contributed by atoms with E-state index >= 15 is 0 Å². The van der Waals surface area contributed by atoms with E-state index < -0.39 is 18.1 Å². The Bertz CT molecular complexity index is 615. The van der Waals surface area contributed by atoms with Crippen molar-refractivity contribution in [3.8, 4) is 5.75 Å². The molecule has 0 fully saturated rings. The zero-order chi connectivity index (χ0) is 20.7. The van der Waals surface area contributed by atoms with Gasteiger partial charge in [-0.15, -0.1) is 13.2 Å². The van der Waals surface area contributed by atoms with Crippen molar-refractivity contribution in [1.82, 2.24) is 4.90 Å². The normalized spacial score (nSPS) is 12.0. The molecule has 0 heterocycles. The van der Waals surface area contributed by atoms with Gasteiger partial charge in [0.2, 0.25) is 0 Å². The Labute approximate surface area is 167 Å². The highest BCUT2D eigenvalue weighted by atomic mass is 79.9. The van der Waals surface area contributed by atoms with Crippen molar-refractivity contribution in [2.45, 2.75) is 71.9 Å². The van der Waals surface area contributed by atoms with Crippen molar-refractivity contribution in [3.63, 3.8) is 0 Å². The molecule has 0 aliphatic carbocycles. The van der Waals surface area contributed by atoms with Crippen LogP contribution in [0.3, 0.4) is 0 Å². The summed E-state index contributed by atoms with van der Waals surface area (Å²) < 4.78 is 48.2. The number of amides is 1. The topological polar surface area (TPSA) is 38.8 Å². The van der Waals surface area contributed by atoms with Gasteiger partial charge in [0.1, 0.15) is 11.4 Å². The second-order valence-electron chi connectivity index (χ2n) is 7.26. The fraction of sp³-hybridized carbons (Fsp3) is 0.632. The van der Waals surface area contributed by atoms with Crippen LogP contribution in [0.25, 0.3) is 0 Å². The zero-order valence-electron chi connectivity index (χ0n) is 16.2. The Hall–Kier alpha value is -1.44. The van der Waals surface area contributed by atoms with Crippen molar-refractivity contribution >= 4 is 22.0 Å². The Morgan fingerprint density at radius 1 is 1.15 bits per heavy atom. The molecule has 0 aliphatic heterocycles. The Morgan fingerprint density at radius 3 is 2.37 bits per heavy atom. The first kappa shape index (κ1) is 23.6. The lowest BCUT2D eigenvalue weighted by Gasteiger charge is -2.28. The van der Waals surface area contributed by atoms with Crippen LogP contribution in [-0.4, -0.2) is 29.5 Å². The molecule has 0 aliphatic rings. The molecule has 0 bridgehead atoms. The molecule has 0 aromatic heterocycles. The number of unbranched alkanes of at least 4 members (excludes halogenated alkanes) is 3. The molecule has 154 valence electrons. The molecule has 0 spiro atoms. The minimum atomic E-state index is -4.81. The summed E-state index contributed by atoms with van der Waals surface area (Å²) in [6, 6.07) is 4.21. The molecule has 0 saturated heterocycles. The lowest BCUT2D eigenvalue weighted by molar-refractivity contribution is -0.275. The largest absolute Gasteiger partial charge is 0.573 e. The highest BCUT2D eigenvalue weighted by Gasteiger charge is 2.32. The maximum absolute atomic E-state index is 12.7. The van der Waals surface area contributed by atoms with Crippen LogP contribution in [0.4, 0.5) is 18.0 Å². The maximum Gasteiger partial charge on any atom is 0.573 e. The lowest BCUT2D eigenvalue weighted by Crippen LogP contribution is -2.37. The number of rotatable bonds is 8. The fourth-order valence-corrected chi connectivity index (χ4v) is 2.80. The summed E-state index contributed by atoms with van der Waals surface area (Å²) in [7, 11) is 0. The van der Waals surface area contributed by atoms with Gasteiger partial charge in [-0.1, -0.05) is 42.1 Å². The van der Waals surface area contributed by atoms with Gasteiger partial charge in [0, 0.05) is 16.6 Å². The molecule has 1 rings (SSSR count). The van der Waals surface area contributed by atoms with Gasteiger partial charge in [-0.2, -0.15) is 0 Å². The molecule has 8 heteroatoms. The lowest BCUT2D eigenvalue weighted by atomic mass is 10.1. The number of ether oxygens (including phenoxy) is 2. The van der Waals surface area contributed by atoms with Gasteiger partial charge in [0.15, 0.2) is 0 Å². The highest BCUT2D eigenvalue weighted by Crippen LogP contribution is 2.30. The number of hydrogen-bond acceptors (Lipinski definition) is 3. The molecule has 0 unspecified atom stereocenters. The van der Waals surface area contributed by atoms with E-state index in [0.717, 1.165) is 25.7 Å². The molecule has 0 saturated carbocycles. The first-order chi connectivity index (χ1) is 12.4. The maximum atomic E-state index is 12.7. The molecule has 0 radical (unpaired) electrons. The molecule has 27 heavy (non-hydrogen) atoms. The fourth-order valence-electron chi connectivity index (χ4n) is 2.39. The molecule has 0 N–H and O–H groups in total. The second-order valence-corrected chi connectivity index (χ2v) is 8.18. The van der Waals surface area contributed by atoms with E-state index in [1.165, 1.54) is 23.1 Å². The van der Waals surface area contributed by atoms with Crippen LogP contribution in [-0.2, 0) is 11.3 Å². The van der Waals surface area contributed by atoms with E-state index in [2.05, 4.69) is 27.6 Å². The van der Waals surface area contributed by atoms with E-state index in [0.29, 0.717) is 11.0 Å². The van der Waals surface area contributed by atoms with Gasteiger partial charge in [-0.3, -0.25) is 0 Å². The Balaban J connectivity index is 3.02. The highest BCUT2D eigenvalue weighted by molar-refractivity contribution is 9.10. The predicted molar refractivity (Wildman–Crippen MR) is 102 cm³/mol. The monoisotopic (exact) mass is 453 g/mol.